The van der Waals surface area contributed by atoms with Gasteiger partial charge in [0.15, 0.2) is 0 Å². The molecule has 2 aromatic heterocycles. The number of benzene rings is 1. The molecule has 0 spiro atoms. The summed E-state index contributed by atoms with van der Waals surface area (Å²) in [6.45, 7) is 2.12. The van der Waals surface area contributed by atoms with E-state index in [1.165, 1.54) is 4.88 Å². The van der Waals surface area contributed by atoms with Gasteiger partial charge in [0.2, 0.25) is 5.95 Å². The Balaban J connectivity index is 2.11. The predicted molar refractivity (Wildman–Crippen MR) is 96.3 cm³/mol. The average molecular weight is 428 g/mol. The number of fused-ring (bicyclic) bond motifs is 1. The van der Waals surface area contributed by atoms with Crippen LogP contribution in [0, 0.1) is 0 Å². The van der Waals surface area contributed by atoms with Crippen molar-refractivity contribution in [1.29, 1.82) is 0 Å². The number of hydrogen-bond acceptors (Lipinski definition) is 5. The predicted octanol–water partition coefficient (Wildman–Crippen LogP) is 5.10. The van der Waals surface area contributed by atoms with E-state index >= 15 is 0 Å². The van der Waals surface area contributed by atoms with Crippen LogP contribution in [0.5, 0.6) is 0 Å². The normalized spacial score (nSPS) is 11.0. The molecule has 0 atom stereocenters. The molecule has 3 aromatic rings. The number of rotatable bonds is 3. The van der Waals surface area contributed by atoms with Crippen LogP contribution in [-0.2, 0) is 6.42 Å². The van der Waals surface area contributed by atoms with Gasteiger partial charge in [0.1, 0.15) is 10.6 Å². The monoisotopic (exact) mass is 426 g/mol. The number of aryl methyl sites for hydroxylation is 1. The number of nitrogens with one attached hydrogen (secondary N) is 1. The van der Waals surface area contributed by atoms with Crippen molar-refractivity contribution in [3.63, 3.8) is 0 Å². The minimum Gasteiger partial charge on any atom is -0.368 e. The van der Waals surface area contributed by atoms with Crippen LogP contribution in [0.2, 0.25) is 0 Å². The molecule has 108 valence electrons. The van der Waals surface area contributed by atoms with E-state index in [0.29, 0.717) is 0 Å². The summed E-state index contributed by atoms with van der Waals surface area (Å²) in [5.74, 6) is 1.01. The molecule has 4 nitrogen and oxygen atoms in total. The fourth-order valence-corrected chi connectivity index (χ4v) is 3.66. The van der Waals surface area contributed by atoms with Crippen LogP contribution in [-0.4, -0.2) is 9.97 Å². The summed E-state index contributed by atoms with van der Waals surface area (Å²) in [6.07, 6.45) is 0.973. The molecule has 0 amide bonds. The second kappa shape index (κ2) is 5.90. The highest BCUT2D eigenvalue weighted by atomic mass is 79.9. The molecule has 0 fully saturated rings. The number of aromatic nitrogens is 2. The first-order chi connectivity index (χ1) is 10.1. The van der Waals surface area contributed by atoms with Crippen LogP contribution in [0.1, 0.15) is 11.8 Å². The maximum absolute atomic E-state index is 5.82. The zero-order chi connectivity index (χ0) is 15.0. The first kappa shape index (κ1) is 14.7. The van der Waals surface area contributed by atoms with Crippen molar-refractivity contribution in [2.24, 2.45) is 0 Å². The van der Waals surface area contributed by atoms with Crippen LogP contribution in [0.4, 0.5) is 17.5 Å². The molecule has 0 saturated heterocycles. The third kappa shape index (κ3) is 3.04. The number of anilines is 3. The van der Waals surface area contributed by atoms with Crippen LogP contribution >= 0.6 is 43.2 Å². The van der Waals surface area contributed by atoms with Crippen LogP contribution < -0.4 is 11.1 Å². The topological polar surface area (TPSA) is 63.8 Å². The van der Waals surface area contributed by atoms with Gasteiger partial charge < -0.3 is 11.1 Å². The molecular weight excluding hydrogens is 416 g/mol. The Kier molecular flexibility index (Phi) is 4.14. The third-order valence-corrected chi connectivity index (χ3v) is 5.35. The van der Waals surface area contributed by atoms with Gasteiger partial charge in [-0.1, -0.05) is 22.9 Å². The highest BCUT2D eigenvalue weighted by molar-refractivity contribution is 9.11. The first-order valence-corrected chi connectivity index (χ1v) is 8.75. The molecule has 3 rings (SSSR count). The van der Waals surface area contributed by atoms with E-state index in [-0.39, 0.29) is 5.95 Å². The Labute approximate surface area is 143 Å². The second-order valence-corrected chi connectivity index (χ2v) is 7.35. The number of halogens is 2. The van der Waals surface area contributed by atoms with Crippen molar-refractivity contribution in [1.82, 2.24) is 9.97 Å². The van der Waals surface area contributed by atoms with Gasteiger partial charge in [-0.3, -0.25) is 0 Å². The van der Waals surface area contributed by atoms with Crippen LogP contribution in [0.25, 0.3) is 10.2 Å². The van der Waals surface area contributed by atoms with Gasteiger partial charge in [-0.2, -0.15) is 4.98 Å². The van der Waals surface area contributed by atoms with Crippen molar-refractivity contribution in [3.05, 3.63) is 38.1 Å². The quantitative estimate of drug-likeness (QED) is 0.609. The average Bonchev–Trinajstić information content (AvgIpc) is 2.86. The van der Waals surface area contributed by atoms with E-state index in [1.807, 2.05) is 18.2 Å². The maximum Gasteiger partial charge on any atom is 0.223 e. The largest absolute Gasteiger partial charge is 0.368 e. The van der Waals surface area contributed by atoms with Gasteiger partial charge in [0.05, 0.1) is 11.1 Å². The minimum atomic E-state index is 0.278. The molecule has 0 radical (unpaired) electrons. The fraction of sp³-hybridized carbons (Fsp3) is 0.143. The van der Waals surface area contributed by atoms with Crippen molar-refractivity contribution in [2.75, 3.05) is 11.1 Å². The molecule has 7 heteroatoms. The Morgan fingerprint density at radius 2 is 2.05 bits per heavy atom. The lowest BCUT2D eigenvalue weighted by Gasteiger charge is -2.09. The van der Waals surface area contributed by atoms with E-state index in [4.69, 9.17) is 5.73 Å². The zero-order valence-corrected chi connectivity index (χ0v) is 15.1. The summed E-state index contributed by atoms with van der Waals surface area (Å²) in [4.78, 5) is 10.8. The van der Waals surface area contributed by atoms with E-state index in [2.05, 4.69) is 60.1 Å². The Morgan fingerprint density at radius 1 is 1.24 bits per heavy atom. The Hall–Kier alpha value is -1.18. The Bertz CT molecular complexity index is 816. The standard InChI is InChI=1S/C14H12Br2N4S/c1-2-8-6-9-12(19-14(17)20-13(9)21-8)18-11-5-7(15)3-4-10(11)16/h3-6H,2H2,1H3,(H3,17,18,19,20). The van der Waals surface area contributed by atoms with Crippen molar-refractivity contribution in [2.45, 2.75) is 13.3 Å². The van der Waals surface area contributed by atoms with E-state index in [0.717, 1.165) is 37.1 Å². The molecule has 1 aromatic carbocycles. The number of hydrogen-bond donors (Lipinski definition) is 2. The summed E-state index contributed by atoms with van der Waals surface area (Å²) in [7, 11) is 0. The van der Waals surface area contributed by atoms with Gasteiger partial charge in [0.25, 0.3) is 0 Å². The fourth-order valence-electron chi connectivity index (χ4n) is 1.98. The summed E-state index contributed by atoms with van der Waals surface area (Å²) in [6, 6.07) is 8.05. The third-order valence-electron chi connectivity index (χ3n) is 2.99. The van der Waals surface area contributed by atoms with Crippen LogP contribution in [0.3, 0.4) is 0 Å². The molecule has 0 aliphatic rings. The van der Waals surface area contributed by atoms with Gasteiger partial charge >= 0.3 is 0 Å². The van der Waals surface area contributed by atoms with Gasteiger partial charge in [-0.05, 0) is 46.6 Å². The zero-order valence-electron chi connectivity index (χ0n) is 11.2. The number of nitrogens with two attached hydrogens (primary N) is 1. The highest BCUT2D eigenvalue weighted by Gasteiger charge is 2.11. The van der Waals surface area contributed by atoms with Gasteiger partial charge in [0, 0.05) is 13.8 Å². The van der Waals surface area contributed by atoms with Gasteiger partial charge in [-0.25, -0.2) is 4.98 Å². The van der Waals surface area contributed by atoms with Crippen molar-refractivity contribution < 1.29 is 0 Å². The van der Waals surface area contributed by atoms with Crippen molar-refractivity contribution >= 4 is 70.9 Å². The van der Waals surface area contributed by atoms with Gasteiger partial charge in [-0.15, -0.1) is 11.3 Å². The summed E-state index contributed by atoms with van der Waals surface area (Å²) < 4.78 is 1.95. The second-order valence-electron chi connectivity index (χ2n) is 4.46. The summed E-state index contributed by atoms with van der Waals surface area (Å²) in [5.41, 5.74) is 6.74. The molecule has 2 heterocycles. The summed E-state index contributed by atoms with van der Waals surface area (Å²) >= 11 is 8.66. The first-order valence-electron chi connectivity index (χ1n) is 6.35. The molecule has 0 bridgehead atoms. The molecule has 21 heavy (non-hydrogen) atoms. The SMILES string of the molecule is CCc1cc2c(Nc3cc(Br)ccc3Br)nc(N)nc2s1. The molecule has 0 aliphatic heterocycles. The number of thiophene rings is 1. The summed E-state index contributed by atoms with van der Waals surface area (Å²) in [5, 5.41) is 4.33. The molecule has 3 N–H and O–H groups in total. The number of nitrogens with zero attached hydrogens (tertiary/aromatic N) is 2. The smallest absolute Gasteiger partial charge is 0.223 e. The lowest BCUT2D eigenvalue weighted by atomic mass is 10.3. The van der Waals surface area contributed by atoms with E-state index in [9.17, 15) is 0 Å². The molecule has 0 aliphatic carbocycles. The molecular formula is C14H12Br2N4S. The molecule has 0 unspecified atom stereocenters. The highest BCUT2D eigenvalue weighted by Crippen LogP contribution is 2.34. The molecule has 0 saturated carbocycles. The van der Waals surface area contributed by atoms with Crippen molar-refractivity contribution in [3.8, 4) is 0 Å². The lowest BCUT2D eigenvalue weighted by molar-refractivity contribution is 1.19. The Morgan fingerprint density at radius 3 is 2.81 bits per heavy atom. The van der Waals surface area contributed by atoms with Crippen LogP contribution in [0.15, 0.2) is 33.2 Å². The van der Waals surface area contributed by atoms with E-state index in [1.54, 1.807) is 11.3 Å². The van der Waals surface area contributed by atoms with E-state index < -0.39 is 0 Å². The number of nitrogen functional groups attached to an aromatic ring is 1. The maximum atomic E-state index is 5.82. The minimum absolute atomic E-state index is 0.278. The lowest BCUT2D eigenvalue weighted by Crippen LogP contribution is -2.00.